The first-order chi connectivity index (χ1) is 10.5. The molecular weight excluding hydrogens is 324 g/mol. The third kappa shape index (κ3) is 4.86. The van der Waals surface area contributed by atoms with Crippen molar-refractivity contribution in [2.24, 2.45) is 11.7 Å². The number of hydrogen-bond donors (Lipinski definition) is 2. The first-order valence-corrected chi connectivity index (χ1v) is 7.70. The number of benzene rings is 1. The van der Waals surface area contributed by atoms with Crippen molar-refractivity contribution in [3.05, 3.63) is 35.4 Å². The molecule has 1 aliphatic rings. The van der Waals surface area contributed by atoms with Crippen LogP contribution in [0.1, 0.15) is 31.4 Å². The minimum Gasteiger partial charge on any atom is -0.355 e. The van der Waals surface area contributed by atoms with Crippen LogP contribution in [0.4, 0.5) is 8.78 Å². The second-order valence-corrected chi connectivity index (χ2v) is 5.73. The first kappa shape index (κ1) is 19.8. The van der Waals surface area contributed by atoms with Gasteiger partial charge in [0.25, 0.3) is 0 Å². The van der Waals surface area contributed by atoms with Crippen LogP contribution in [-0.4, -0.2) is 37.0 Å². The summed E-state index contributed by atoms with van der Waals surface area (Å²) in [5.74, 6) is -1.27. The molecule has 2 atom stereocenters. The Kier molecular flexibility index (Phi) is 7.88. The largest absolute Gasteiger partial charge is 0.355 e. The van der Waals surface area contributed by atoms with Gasteiger partial charge in [-0.2, -0.15) is 0 Å². The van der Waals surface area contributed by atoms with Crippen LogP contribution in [0.2, 0.25) is 0 Å². The van der Waals surface area contributed by atoms with E-state index in [1.54, 1.807) is 6.92 Å². The minimum absolute atomic E-state index is 0. The summed E-state index contributed by atoms with van der Waals surface area (Å²) in [6.45, 7) is 3.87. The molecule has 23 heavy (non-hydrogen) atoms. The topological polar surface area (TPSA) is 58.4 Å². The number of hydrogen-bond acceptors (Lipinski definition) is 3. The smallest absolute Gasteiger partial charge is 0.224 e. The van der Waals surface area contributed by atoms with Gasteiger partial charge in [0.1, 0.15) is 11.6 Å². The second-order valence-electron chi connectivity index (χ2n) is 5.73. The van der Waals surface area contributed by atoms with Crippen LogP contribution in [0.5, 0.6) is 0 Å². The molecule has 1 saturated heterocycles. The highest BCUT2D eigenvalue weighted by Crippen LogP contribution is 2.29. The molecule has 130 valence electrons. The highest BCUT2D eigenvalue weighted by molar-refractivity contribution is 5.85. The normalized spacial score (nSPS) is 19.7. The van der Waals surface area contributed by atoms with Crippen molar-refractivity contribution in [3.63, 3.8) is 0 Å². The predicted molar refractivity (Wildman–Crippen MR) is 88.4 cm³/mol. The van der Waals surface area contributed by atoms with Gasteiger partial charge >= 0.3 is 0 Å². The Morgan fingerprint density at radius 2 is 2.09 bits per heavy atom. The molecule has 1 aromatic rings. The average Bonchev–Trinajstić information content (AvgIpc) is 2.52. The number of nitrogens with one attached hydrogen (secondary N) is 1. The van der Waals surface area contributed by atoms with Gasteiger partial charge in [-0.25, -0.2) is 8.78 Å². The van der Waals surface area contributed by atoms with Crippen LogP contribution < -0.4 is 11.1 Å². The highest BCUT2D eigenvalue weighted by Gasteiger charge is 2.30. The third-order valence-corrected chi connectivity index (χ3v) is 4.23. The van der Waals surface area contributed by atoms with Crippen LogP contribution in [0.3, 0.4) is 0 Å². The van der Waals surface area contributed by atoms with Gasteiger partial charge in [0.15, 0.2) is 0 Å². The Labute approximate surface area is 141 Å². The van der Waals surface area contributed by atoms with Crippen molar-refractivity contribution in [2.75, 3.05) is 26.2 Å². The van der Waals surface area contributed by atoms with Gasteiger partial charge in [-0.3, -0.25) is 9.69 Å². The molecule has 1 heterocycles. The van der Waals surface area contributed by atoms with E-state index in [0.29, 0.717) is 19.6 Å². The van der Waals surface area contributed by atoms with E-state index in [0.717, 1.165) is 19.4 Å². The van der Waals surface area contributed by atoms with Crippen molar-refractivity contribution >= 4 is 18.3 Å². The monoisotopic (exact) mass is 347 g/mol. The van der Waals surface area contributed by atoms with Gasteiger partial charge in [-0.15, -0.1) is 12.4 Å². The quantitative estimate of drug-likeness (QED) is 0.858. The van der Waals surface area contributed by atoms with Crippen LogP contribution in [-0.2, 0) is 4.79 Å². The summed E-state index contributed by atoms with van der Waals surface area (Å²) in [5, 5.41) is 2.79. The SMILES string of the molecule is CC(c1c(F)cccc1F)N1CCCC(C(=O)NCCN)C1.Cl. The van der Waals surface area contributed by atoms with Crippen molar-refractivity contribution in [2.45, 2.75) is 25.8 Å². The van der Waals surface area contributed by atoms with E-state index >= 15 is 0 Å². The van der Waals surface area contributed by atoms with E-state index in [1.165, 1.54) is 18.2 Å². The third-order valence-electron chi connectivity index (χ3n) is 4.23. The molecule has 4 nitrogen and oxygen atoms in total. The van der Waals surface area contributed by atoms with Crippen molar-refractivity contribution in [1.29, 1.82) is 0 Å². The van der Waals surface area contributed by atoms with Gasteiger partial charge in [-0.1, -0.05) is 6.07 Å². The summed E-state index contributed by atoms with van der Waals surface area (Å²) in [4.78, 5) is 14.0. The van der Waals surface area contributed by atoms with Crippen molar-refractivity contribution in [3.8, 4) is 0 Å². The van der Waals surface area contributed by atoms with Crippen LogP contribution in [0.15, 0.2) is 18.2 Å². The zero-order valence-electron chi connectivity index (χ0n) is 13.2. The number of likely N-dealkylation sites (tertiary alicyclic amines) is 1. The molecule has 1 amide bonds. The number of piperidine rings is 1. The number of amides is 1. The molecule has 3 N–H and O–H groups in total. The Hall–Kier alpha value is -1.24. The maximum absolute atomic E-state index is 13.9. The molecule has 0 aromatic heterocycles. The Balaban J connectivity index is 0.00000264. The molecule has 1 fully saturated rings. The number of halogens is 3. The van der Waals surface area contributed by atoms with Crippen LogP contribution >= 0.6 is 12.4 Å². The lowest BCUT2D eigenvalue weighted by atomic mass is 9.94. The minimum atomic E-state index is -0.540. The number of nitrogens with zero attached hydrogens (tertiary/aromatic N) is 1. The zero-order valence-corrected chi connectivity index (χ0v) is 14.0. The fourth-order valence-corrected chi connectivity index (χ4v) is 3.00. The molecule has 2 rings (SSSR count). The molecular formula is C16H24ClF2N3O. The number of rotatable bonds is 5. The molecule has 0 radical (unpaired) electrons. The van der Waals surface area contributed by atoms with Gasteiger partial charge < -0.3 is 11.1 Å². The first-order valence-electron chi connectivity index (χ1n) is 7.70. The van der Waals surface area contributed by atoms with E-state index < -0.39 is 17.7 Å². The van der Waals surface area contributed by atoms with E-state index in [2.05, 4.69) is 5.32 Å². The van der Waals surface area contributed by atoms with E-state index in [-0.39, 0.29) is 29.8 Å². The lowest BCUT2D eigenvalue weighted by Crippen LogP contribution is -2.45. The molecule has 2 unspecified atom stereocenters. The van der Waals surface area contributed by atoms with E-state index in [4.69, 9.17) is 5.73 Å². The van der Waals surface area contributed by atoms with Gasteiger partial charge in [0, 0.05) is 31.2 Å². The maximum atomic E-state index is 13.9. The van der Waals surface area contributed by atoms with Gasteiger partial charge in [0.05, 0.1) is 5.92 Å². The summed E-state index contributed by atoms with van der Waals surface area (Å²) in [5.41, 5.74) is 5.46. The molecule has 7 heteroatoms. The second kappa shape index (κ2) is 9.15. The fourth-order valence-electron chi connectivity index (χ4n) is 3.00. The number of carbonyl (C=O) groups is 1. The molecule has 0 spiro atoms. The molecule has 0 aliphatic carbocycles. The zero-order chi connectivity index (χ0) is 16.1. The van der Waals surface area contributed by atoms with E-state index in [1.807, 2.05) is 4.90 Å². The van der Waals surface area contributed by atoms with Gasteiger partial charge in [0.2, 0.25) is 5.91 Å². The lowest BCUT2D eigenvalue weighted by molar-refractivity contribution is -0.126. The molecule has 1 aliphatic heterocycles. The molecule has 0 saturated carbocycles. The van der Waals surface area contributed by atoms with E-state index in [9.17, 15) is 13.6 Å². The number of nitrogens with two attached hydrogens (primary N) is 1. The Morgan fingerprint density at radius 1 is 1.43 bits per heavy atom. The van der Waals surface area contributed by atoms with Crippen LogP contribution in [0.25, 0.3) is 0 Å². The van der Waals surface area contributed by atoms with Gasteiger partial charge in [-0.05, 0) is 38.4 Å². The standard InChI is InChI=1S/C16H23F2N3O.ClH/c1-11(15-13(17)5-2-6-14(15)18)21-9-3-4-12(10-21)16(22)20-8-7-19;/h2,5-6,11-12H,3-4,7-10,19H2,1H3,(H,20,22);1H. The summed E-state index contributed by atoms with van der Waals surface area (Å²) in [6.07, 6.45) is 1.63. The Bertz CT molecular complexity index is 510. The number of carbonyl (C=O) groups excluding carboxylic acids is 1. The highest BCUT2D eigenvalue weighted by atomic mass is 35.5. The van der Waals surface area contributed by atoms with Crippen molar-refractivity contribution in [1.82, 2.24) is 10.2 Å². The molecule has 0 bridgehead atoms. The summed E-state index contributed by atoms with van der Waals surface area (Å²) in [7, 11) is 0. The lowest BCUT2D eigenvalue weighted by Gasteiger charge is -2.36. The Morgan fingerprint density at radius 3 is 2.70 bits per heavy atom. The van der Waals surface area contributed by atoms with Crippen molar-refractivity contribution < 1.29 is 13.6 Å². The predicted octanol–water partition coefficient (Wildman–Crippen LogP) is 2.23. The molecule has 1 aromatic carbocycles. The maximum Gasteiger partial charge on any atom is 0.224 e. The fraction of sp³-hybridized carbons (Fsp3) is 0.562. The van der Waals surface area contributed by atoms with Crippen LogP contribution in [0, 0.1) is 17.6 Å². The summed E-state index contributed by atoms with van der Waals surface area (Å²) in [6, 6.07) is 3.50. The summed E-state index contributed by atoms with van der Waals surface area (Å²) >= 11 is 0. The average molecular weight is 348 g/mol. The summed E-state index contributed by atoms with van der Waals surface area (Å²) < 4.78 is 27.8.